The predicted molar refractivity (Wildman–Crippen MR) is 99.3 cm³/mol. The van der Waals surface area contributed by atoms with E-state index in [1.54, 1.807) is 12.1 Å². The highest BCUT2D eigenvalue weighted by molar-refractivity contribution is 7.95. The van der Waals surface area contributed by atoms with Gasteiger partial charge in [0.25, 0.3) is 0 Å². The summed E-state index contributed by atoms with van der Waals surface area (Å²) in [5.41, 5.74) is 0.948. The van der Waals surface area contributed by atoms with Gasteiger partial charge in [-0.05, 0) is 24.1 Å². The van der Waals surface area contributed by atoms with Gasteiger partial charge in [0, 0.05) is 42.8 Å². The molecule has 0 radical (unpaired) electrons. The molecular formula is C15H20Cl2N2O4S2. The zero-order valence-corrected chi connectivity index (χ0v) is 16.7. The van der Waals surface area contributed by atoms with Crippen LogP contribution in [0.15, 0.2) is 18.2 Å². The first-order valence-corrected chi connectivity index (χ1v) is 12.1. The minimum atomic E-state index is -3.56. The Labute approximate surface area is 158 Å². The van der Waals surface area contributed by atoms with Gasteiger partial charge in [-0.25, -0.2) is 16.8 Å². The fourth-order valence-corrected chi connectivity index (χ4v) is 8.22. The summed E-state index contributed by atoms with van der Waals surface area (Å²) in [4.78, 5) is 2.13. The Kier molecular flexibility index (Phi) is 5.68. The van der Waals surface area contributed by atoms with Crippen LogP contribution in [0.1, 0.15) is 12.0 Å². The third-order valence-corrected chi connectivity index (χ3v) is 9.61. The molecule has 2 fully saturated rings. The first-order chi connectivity index (χ1) is 11.7. The summed E-state index contributed by atoms with van der Waals surface area (Å²) in [5, 5.41) is 0.379. The number of hydrogen-bond donors (Lipinski definition) is 0. The second-order valence-corrected chi connectivity index (χ2v) is 11.8. The standard InChI is InChI=1S/C15H20Cl2N2O4S2/c16-13-2-1-12(15(17)9-13)10-18-4-6-19(7-5-18)25(22,23)14-3-8-24(20,21)11-14/h1-2,9,14H,3-8,10-11H2. The number of benzene rings is 1. The van der Waals surface area contributed by atoms with Crippen LogP contribution < -0.4 is 0 Å². The van der Waals surface area contributed by atoms with Crippen molar-refractivity contribution < 1.29 is 16.8 Å². The van der Waals surface area contributed by atoms with Crippen molar-refractivity contribution in [2.75, 3.05) is 37.7 Å². The van der Waals surface area contributed by atoms with Crippen molar-refractivity contribution in [3.8, 4) is 0 Å². The smallest absolute Gasteiger partial charge is 0.218 e. The monoisotopic (exact) mass is 426 g/mol. The van der Waals surface area contributed by atoms with Crippen molar-refractivity contribution in [2.24, 2.45) is 0 Å². The van der Waals surface area contributed by atoms with Gasteiger partial charge in [0.2, 0.25) is 10.0 Å². The quantitative estimate of drug-likeness (QED) is 0.730. The lowest BCUT2D eigenvalue weighted by Crippen LogP contribution is -2.51. The van der Waals surface area contributed by atoms with Gasteiger partial charge in [0.05, 0.1) is 16.8 Å². The first kappa shape index (κ1) is 19.4. The van der Waals surface area contributed by atoms with Crippen molar-refractivity contribution >= 4 is 43.1 Å². The maximum atomic E-state index is 12.6. The third kappa shape index (κ3) is 4.48. The molecule has 3 rings (SSSR count). The Hall–Kier alpha value is -0.380. The molecule has 6 nitrogen and oxygen atoms in total. The number of sulfone groups is 1. The van der Waals surface area contributed by atoms with Crippen LogP contribution in [0.5, 0.6) is 0 Å². The average molecular weight is 427 g/mol. The number of sulfonamides is 1. The van der Waals surface area contributed by atoms with Gasteiger partial charge < -0.3 is 0 Å². The zero-order valence-electron chi connectivity index (χ0n) is 13.6. The van der Waals surface area contributed by atoms with Gasteiger partial charge >= 0.3 is 0 Å². The molecule has 1 aromatic carbocycles. The van der Waals surface area contributed by atoms with Crippen molar-refractivity contribution in [1.82, 2.24) is 9.21 Å². The molecule has 10 heteroatoms. The molecule has 2 aliphatic rings. The zero-order chi connectivity index (χ0) is 18.2. The summed E-state index contributed by atoms with van der Waals surface area (Å²) in [6.45, 7) is 2.52. The molecule has 1 aromatic rings. The number of rotatable bonds is 4. The van der Waals surface area contributed by atoms with Gasteiger partial charge in [0.1, 0.15) is 0 Å². The number of halogens is 2. The Balaban J connectivity index is 1.60. The number of hydrogen-bond acceptors (Lipinski definition) is 5. The molecule has 0 bridgehead atoms. The maximum absolute atomic E-state index is 12.6. The number of piperazine rings is 1. The summed E-state index contributed by atoms with van der Waals surface area (Å²) in [6, 6.07) is 5.35. The molecule has 0 N–H and O–H groups in total. The van der Waals surface area contributed by atoms with E-state index in [0.29, 0.717) is 42.8 Å². The largest absolute Gasteiger partial charge is 0.296 e. The van der Waals surface area contributed by atoms with Gasteiger partial charge in [0.15, 0.2) is 9.84 Å². The first-order valence-electron chi connectivity index (χ1n) is 8.03. The molecular weight excluding hydrogens is 407 g/mol. The van der Waals surface area contributed by atoms with Crippen molar-refractivity contribution in [1.29, 1.82) is 0 Å². The molecule has 0 amide bonds. The van der Waals surface area contributed by atoms with Crippen molar-refractivity contribution in [3.63, 3.8) is 0 Å². The SMILES string of the molecule is O=S1(=O)CCC(S(=O)(=O)N2CCN(Cc3ccc(Cl)cc3Cl)CC2)C1. The normalized spacial score (nSPS) is 25.3. The van der Waals surface area contributed by atoms with E-state index in [4.69, 9.17) is 23.2 Å². The lowest BCUT2D eigenvalue weighted by Gasteiger charge is -2.35. The fourth-order valence-electron chi connectivity index (χ4n) is 3.24. The molecule has 0 saturated carbocycles. The fraction of sp³-hybridized carbons (Fsp3) is 0.600. The van der Waals surface area contributed by atoms with Crippen LogP contribution in [0.4, 0.5) is 0 Å². The predicted octanol–water partition coefficient (Wildman–Crippen LogP) is 1.63. The lowest BCUT2D eigenvalue weighted by atomic mass is 10.2. The minimum Gasteiger partial charge on any atom is -0.296 e. The van der Waals surface area contributed by atoms with E-state index < -0.39 is 25.1 Å². The molecule has 2 saturated heterocycles. The van der Waals surface area contributed by atoms with E-state index in [1.807, 2.05) is 6.07 Å². The average Bonchev–Trinajstić information content (AvgIpc) is 2.91. The highest BCUT2D eigenvalue weighted by atomic mass is 35.5. The Morgan fingerprint density at radius 2 is 1.80 bits per heavy atom. The van der Waals surface area contributed by atoms with E-state index in [1.165, 1.54) is 4.31 Å². The van der Waals surface area contributed by atoms with Gasteiger partial charge in [-0.3, -0.25) is 4.90 Å². The summed E-state index contributed by atoms with van der Waals surface area (Å²) in [7, 11) is -6.78. The molecule has 0 aliphatic carbocycles. The van der Waals surface area contributed by atoms with Gasteiger partial charge in [-0.1, -0.05) is 29.3 Å². The van der Waals surface area contributed by atoms with Crippen LogP contribution in [0.2, 0.25) is 10.0 Å². The molecule has 1 atom stereocenters. The second-order valence-electron chi connectivity index (χ2n) is 6.48. The van der Waals surface area contributed by atoms with Gasteiger partial charge in [-0.15, -0.1) is 0 Å². The highest BCUT2D eigenvalue weighted by Gasteiger charge is 2.41. The second kappa shape index (κ2) is 7.32. The molecule has 2 aliphatic heterocycles. The molecule has 25 heavy (non-hydrogen) atoms. The summed E-state index contributed by atoms with van der Waals surface area (Å²) >= 11 is 12.1. The Morgan fingerprint density at radius 3 is 2.36 bits per heavy atom. The van der Waals surface area contributed by atoms with Crippen molar-refractivity contribution in [3.05, 3.63) is 33.8 Å². The van der Waals surface area contributed by atoms with E-state index in [2.05, 4.69) is 4.90 Å². The van der Waals surface area contributed by atoms with Crippen LogP contribution in [0, 0.1) is 0 Å². The van der Waals surface area contributed by atoms with E-state index in [-0.39, 0.29) is 17.9 Å². The van der Waals surface area contributed by atoms with E-state index >= 15 is 0 Å². The summed E-state index contributed by atoms with van der Waals surface area (Å²) in [6.07, 6.45) is 0.200. The summed E-state index contributed by atoms with van der Waals surface area (Å²) < 4.78 is 49.8. The van der Waals surface area contributed by atoms with Crippen LogP contribution in [0.3, 0.4) is 0 Å². The Bertz CT molecular complexity index is 850. The van der Waals surface area contributed by atoms with Crippen LogP contribution in [0.25, 0.3) is 0 Å². The number of nitrogens with zero attached hydrogens (tertiary/aromatic N) is 2. The van der Waals surface area contributed by atoms with Crippen LogP contribution in [-0.4, -0.2) is 69.0 Å². The highest BCUT2D eigenvalue weighted by Crippen LogP contribution is 2.25. The molecule has 2 heterocycles. The van der Waals surface area contributed by atoms with Crippen LogP contribution in [-0.2, 0) is 26.4 Å². The summed E-state index contributed by atoms with van der Waals surface area (Å²) in [5.74, 6) is -0.290. The molecule has 140 valence electrons. The van der Waals surface area contributed by atoms with Crippen LogP contribution >= 0.6 is 23.2 Å². The third-order valence-electron chi connectivity index (χ3n) is 4.71. The molecule has 1 unspecified atom stereocenters. The lowest BCUT2D eigenvalue weighted by molar-refractivity contribution is 0.181. The van der Waals surface area contributed by atoms with E-state index in [9.17, 15) is 16.8 Å². The topological polar surface area (TPSA) is 74.8 Å². The maximum Gasteiger partial charge on any atom is 0.218 e. The molecule has 0 spiro atoms. The minimum absolute atomic E-state index is 0.0358. The van der Waals surface area contributed by atoms with Gasteiger partial charge in [-0.2, -0.15) is 4.31 Å². The Morgan fingerprint density at radius 1 is 1.12 bits per heavy atom. The van der Waals surface area contributed by atoms with E-state index in [0.717, 1.165) is 5.56 Å². The molecule has 0 aromatic heterocycles. The van der Waals surface area contributed by atoms with Crippen molar-refractivity contribution in [2.45, 2.75) is 18.2 Å².